The molecule has 0 N–H and O–H groups in total. The van der Waals surface area contributed by atoms with Gasteiger partial charge < -0.3 is 0 Å². The summed E-state index contributed by atoms with van der Waals surface area (Å²) in [7, 11) is 0. The lowest BCUT2D eigenvalue weighted by molar-refractivity contribution is 0.438. The molecular weight excluding hydrogens is 170 g/mol. The molecule has 0 fully saturated rings. The second-order valence-electron chi connectivity index (χ2n) is 3.94. The summed E-state index contributed by atoms with van der Waals surface area (Å²) in [6.07, 6.45) is 5.99. The fourth-order valence-corrected chi connectivity index (χ4v) is 1.59. The molecule has 14 heavy (non-hydrogen) atoms. The third-order valence-corrected chi connectivity index (χ3v) is 3.25. The molecule has 1 nitrogen and oxygen atoms in total. The van der Waals surface area contributed by atoms with E-state index in [9.17, 15) is 0 Å². The predicted octanol–water partition coefficient (Wildman–Crippen LogP) is 3.80. The Morgan fingerprint density at radius 3 is 2.57 bits per heavy atom. The maximum Gasteiger partial charge on any atom is 0.0626 e. The van der Waals surface area contributed by atoms with E-state index in [1.54, 1.807) is 6.08 Å². The van der Waals surface area contributed by atoms with Crippen molar-refractivity contribution in [1.29, 1.82) is 0 Å². The standard InChI is InChI=1S/C13H19N/c1-5-12-10-11(8-9-14-12)13(4,6-2)7-3/h5,8-10H,1,6-7H2,2-4H3. The maximum atomic E-state index is 4.22. The number of pyridine rings is 1. The van der Waals surface area contributed by atoms with Crippen molar-refractivity contribution in [3.63, 3.8) is 0 Å². The molecule has 1 heterocycles. The minimum absolute atomic E-state index is 0.278. The zero-order chi connectivity index (χ0) is 10.6. The van der Waals surface area contributed by atoms with Gasteiger partial charge in [-0.1, -0.05) is 27.4 Å². The van der Waals surface area contributed by atoms with Crippen LogP contribution in [0.3, 0.4) is 0 Å². The molecule has 0 aliphatic carbocycles. The fourth-order valence-electron chi connectivity index (χ4n) is 1.59. The highest BCUT2D eigenvalue weighted by atomic mass is 14.7. The van der Waals surface area contributed by atoms with Crippen molar-refractivity contribution in [3.05, 3.63) is 36.2 Å². The normalized spacial score (nSPS) is 11.4. The Balaban J connectivity index is 3.10. The van der Waals surface area contributed by atoms with Crippen molar-refractivity contribution >= 4 is 6.08 Å². The van der Waals surface area contributed by atoms with Gasteiger partial charge in [-0.3, -0.25) is 4.98 Å². The molecule has 76 valence electrons. The minimum atomic E-state index is 0.278. The van der Waals surface area contributed by atoms with Gasteiger partial charge in [0.2, 0.25) is 0 Å². The van der Waals surface area contributed by atoms with E-state index in [1.165, 1.54) is 5.56 Å². The Labute approximate surface area is 86.9 Å². The van der Waals surface area contributed by atoms with E-state index >= 15 is 0 Å². The van der Waals surface area contributed by atoms with Gasteiger partial charge in [-0.25, -0.2) is 0 Å². The lowest BCUT2D eigenvalue weighted by Crippen LogP contribution is -2.19. The van der Waals surface area contributed by atoms with Crippen molar-refractivity contribution in [3.8, 4) is 0 Å². The Kier molecular flexibility index (Phi) is 3.45. The molecule has 0 aliphatic heterocycles. The number of aromatic nitrogens is 1. The van der Waals surface area contributed by atoms with Crippen LogP contribution in [0.4, 0.5) is 0 Å². The van der Waals surface area contributed by atoms with Gasteiger partial charge in [0.05, 0.1) is 5.69 Å². The SMILES string of the molecule is C=Cc1cc(C(C)(CC)CC)ccn1. The molecule has 0 unspecified atom stereocenters. The molecule has 1 heteroatoms. The first-order valence-corrected chi connectivity index (χ1v) is 5.25. The second-order valence-corrected chi connectivity index (χ2v) is 3.94. The zero-order valence-electron chi connectivity index (χ0n) is 9.38. The predicted molar refractivity (Wildman–Crippen MR) is 62.3 cm³/mol. The van der Waals surface area contributed by atoms with Crippen LogP contribution in [0.15, 0.2) is 24.9 Å². The van der Waals surface area contributed by atoms with Crippen LogP contribution in [0.5, 0.6) is 0 Å². The average molecular weight is 189 g/mol. The molecule has 0 aromatic carbocycles. The van der Waals surface area contributed by atoms with Crippen LogP contribution in [0.25, 0.3) is 6.08 Å². The summed E-state index contributed by atoms with van der Waals surface area (Å²) in [5, 5.41) is 0. The molecule has 0 bridgehead atoms. The largest absolute Gasteiger partial charge is 0.257 e. The first-order valence-electron chi connectivity index (χ1n) is 5.25. The Hall–Kier alpha value is -1.11. The van der Waals surface area contributed by atoms with Gasteiger partial charge in [-0.05, 0) is 42.0 Å². The van der Waals surface area contributed by atoms with Crippen LogP contribution in [0.1, 0.15) is 44.9 Å². The third-order valence-electron chi connectivity index (χ3n) is 3.25. The molecular formula is C13H19N. The summed E-state index contributed by atoms with van der Waals surface area (Å²) in [6.45, 7) is 10.5. The molecule has 1 aromatic rings. The maximum absolute atomic E-state index is 4.22. The summed E-state index contributed by atoms with van der Waals surface area (Å²) >= 11 is 0. The molecule has 1 rings (SSSR count). The monoisotopic (exact) mass is 189 g/mol. The summed E-state index contributed by atoms with van der Waals surface area (Å²) in [6, 6.07) is 4.25. The van der Waals surface area contributed by atoms with Gasteiger partial charge in [0.15, 0.2) is 0 Å². The average Bonchev–Trinajstić information content (AvgIpc) is 2.28. The summed E-state index contributed by atoms with van der Waals surface area (Å²) in [4.78, 5) is 4.22. The molecule has 1 aromatic heterocycles. The first-order chi connectivity index (χ1) is 6.66. The molecule has 0 saturated carbocycles. The number of hydrogen-bond donors (Lipinski definition) is 0. The fraction of sp³-hybridized carbons (Fsp3) is 0.462. The Morgan fingerprint density at radius 1 is 1.43 bits per heavy atom. The van der Waals surface area contributed by atoms with Crippen molar-refractivity contribution in [2.75, 3.05) is 0 Å². The third kappa shape index (κ3) is 2.03. The summed E-state index contributed by atoms with van der Waals surface area (Å²) < 4.78 is 0. The Morgan fingerprint density at radius 2 is 2.07 bits per heavy atom. The van der Waals surface area contributed by atoms with Crippen molar-refractivity contribution in [2.24, 2.45) is 0 Å². The van der Waals surface area contributed by atoms with Crippen LogP contribution in [-0.2, 0) is 5.41 Å². The van der Waals surface area contributed by atoms with E-state index in [-0.39, 0.29) is 5.41 Å². The van der Waals surface area contributed by atoms with E-state index in [1.807, 2.05) is 6.20 Å². The van der Waals surface area contributed by atoms with Crippen LogP contribution in [0, 0.1) is 0 Å². The van der Waals surface area contributed by atoms with Crippen molar-refractivity contribution < 1.29 is 0 Å². The van der Waals surface area contributed by atoms with E-state index in [2.05, 4.69) is 44.5 Å². The molecule has 0 radical (unpaired) electrons. The molecule has 0 aliphatic rings. The van der Waals surface area contributed by atoms with Crippen LogP contribution in [0.2, 0.25) is 0 Å². The van der Waals surface area contributed by atoms with Gasteiger partial charge in [0.25, 0.3) is 0 Å². The van der Waals surface area contributed by atoms with E-state index < -0.39 is 0 Å². The zero-order valence-corrected chi connectivity index (χ0v) is 9.38. The molecule has 0 atom stereocenters. The number of nitrogens with zero attached hydrogens (tertiary/aromatic N) is 1. The van der Waals surface area contributed by atoms with Crippen molar-refractivity contribution in [2.45, 2.75) is 39.0 Å². The van der Waals surface area contributed by atoms with Gasteiger partial charge in [0.1, 0.15) is 0 Å². The first kappa shape index (κ1) is 11.0. The highest BCUT2D eigenvalue weighted by Gasteiger charge is 2.22. The topological polar surface area (TPSA) is 12.9 Å². The quantitative estimate of drug-likeness (QED) is 0.702. The number of rotatable bonds is 4. The van der Waals surface area contributed by atoms with Crippen LogP contribution >= 0.6 is 0 Å². The van der Waals surface area contributed by atoms with Crippen LogP contribution < -0.4 is 0 Å². The highest BCUT2D eigenvalue weighted by Crippen LogP contribution is 2.30. The highest BCUT2D eigenvalue weighted by molar-refractivity contribution is 5.43. The molecule has 0 spiro atoms. The smallest absolute Gasteiger partial charge is 0.0626 e. The summed E-state index contributed by atoms with van der Waals surface area (Å²) in [5.74, 6) is 0. The van der Waals surface area contributed by atoms with E-state index in [0.29, 0.717) is 0 Å². The lowest BCUT2D eigenvalue weighted by atomic mass is 9.78. The van der Waals surface area contributed by atoms with E-state index in [0.717, 1.165) is 18.5 Å². The minimum Gasteiger partial charge on any atom is -0.257 e. The molecule has 0 amide bonds. The van der Waals surface area contributed by atoms with Crippen LogP contribution in [-0.4, -0.2) is 4.98 Å². The second kappa shape index (κ2) is 4.41. The van der Waals surface area contributed by atoms with Gasteiger partial charge >= 0.3 is 0 Å². The van der Waals surface area contributed by atoms with E-state index in [4.69, 9.17) is 0 Å². The van der Waals surface area contributed by atoms with Gasteiger partial charge in [-0.15, -0.1) is 0 Å². The van der Waals surface area contributed by atoms with Gasteiger partial charge in [-0.2, -0.15) is 0 Å². The lowest BCUT2D eigenvalue weighted by Gasteiger charge is -2.27. The number of hydrogen-bond acceptors (Lipinski definition) is 1. The Bertz CT molecular complexity index is 311. The summed E-state index contributed by atoms with van der Waals surface area (Å²) in [5.41, 5.74) is 2.61. The van der Waals surface area contributed by atoms with Crippen molar-refractivity contribution in [1.82, 2.24) is 4.98 Å². The molecule has 0 saturated heterocycles. The van der Waals surface area contributed by atoms with Gasteiger partial charge in [0, 0.05) is 6.20 Å².